The molecule has 1 unspecified atom stereocenters. The van der Waals surface area contributed by atoms with Gasteiger partial charge in [0.2, 0.25) is 5.91 Å². The molecule has 0 aliphatic heterocycles. The van der Waals surface area contributed by atoms with Crippen molar-refractivity contribution in [3.8, 4) is 11.1 Å². The average Bonchev–Trinajstić information content (AvgIpc) is 3.43. The molecule has 0 aromatic heterocycles. The molecule has 0 heterocycles. The topological polar surface area (TPSA) is 105 Å². The standard InChI is InChI=1S/C27H32N2O5/c1-3-16(2)24(25(30)28-18-13-12-17(14-18)26(31)32)29-27(33)34-15-23-21-10-6-4-8-19(21)20-9-5-7-11-22(20)23/h4-11,16-18,23-24H,3,12-15H2,1-2H3,(H,28,30)(H,29,33)(H,31,32)/t16?,17-,18+,24+/m1/s1. The quantitative estimate of drug-likeness (QED) is 0.540. The number of benzene rings is 2. The van der Waals surface area contributed by atoms with Crippen LogP contribution in [0.4, 0.5) is 4.79 Å². The van der Waals surface area contributed by atoms with Crippen molar-refractivity contribution in [3.63, 3.8) is 0 Å². The van der Waals surface area contributed by atoms with Gasteiger partial charge in [-0.05, 0) is 47.4 Å². The number of aliphatic carboxylic acids is 1. The van der Waals surface area contributed by atoms with E-state index < -0.39 is 24.0 Å². The van der Waals surface area contributed by atoms with Crippen LogP contribution in [0, 0.1) is 11.8 Å². The Balaban J connectivity index is 1.38. The first-order valence-electron chi connectivity index (χ1n) is 12.0. The minimum atomic E-state index is -0.827. The predicted molar refractivity (Wildman–Crippen MR) is 128 cm³/mol. The number of alkyl carbamates (subject to hydrolysis) is 1. The van der Waals surface area contributed by atoms with Crippen molar-refractivity contribution in [2.45, 2.75) is 57.5 Å². The van der Waals surface area contributed by atoms with Gasteiger partial charge in [0.1, 0.15) is 12.6 Å². The number of nitrogens with one attached hydrogen (secondary N) is 2. The summed E-state index contributed by atoms with van der Waals surface area (Å²) in [6.07, 6.45) is 1.66. The number of carbonyl (C=O) groups is 3. The van der Waals surface area contributed by atoms with E-state index >= 15 is 0 Å². The van der Waals surface area contributed by atoms with Crippen LogP contribution in [0.15, 0.2) is 48.5 Å². The van der Waals surface area contributed by atoms with Crippen molar-refractivity contribution in [2.75, 3.05) is 6.61 Å². The minimum Gasteiger partial charge on any atom is -0.481 e. The summed E-state index contributed by atoms with van der Waals surface area (Å²) in [5.41, 5.74) is 4.56. The average molecular weight is 465 g/mol. The van der Waals surface area contributed by atoms with Gasteiger partial charge in [-0.25, -0.2) is 4.79 Å². The van der Waals surface area contributed by atoms with Gasteiger partial charge in [0.15, 0.2) is 0 Å². The van der Waals surface area contributed by atoms with Crippen LogP contribution >= 0.6 is 0 Å². The van der Waals surface area contributed by atoms with Gasteiger partial charge in [0.25, 0.3) is 0 Å². The Morgan fingerprint density at radius 2 is 1.65 bits per heavy atom. The SMILES string of the molecule is CCC(C)[C@H](NC(=O)OCC1c2ccccc2-c2ccccc21)C(=O)N[C@H]1CC[C@@H](C(=O)O)C1. The third-order valence-electron chi connectivity index (χ3n) is 7.24. The molecule has 3 N–H and O–H groups in total. The van der Waals surface area contributed by atoms with Crippen molar-refractivity contribution in [2.24, 2.45) is 11.8 Å². The van der Waals surface area contributed by atoms with E-state index in [2.05, 4.69) is 34.9 Å². The Labute approximate surface area is 199 Å². The van der Waals surface area contributed by atoms with E-state index in [4.69, 9.17) is 4.74 Å². The monoisotopic (exact) mass is 464 g/mol. The molecule has 0 saturated heterocycles. The molecule has 2 amide bonds. The first-order chi connectivity index (χ1) is 16.4. The summed E-state index contributed by atoms with van der Waals surface area (Å²) >= 11 is 0. The van der Waals surface area contributed by atoms with Gasteiger partial charge in [-0.3, -0.25) is 9.59 Å². The largest absolute Gasteiger partial charge is 0.481 e. The third kappa shape index (κ3) is 4.93. The molecule has 4 atom stereocenters. The molecular weight excluding hydrogens is 432 g/mol. The van der Waals surface area contributed by atoms with E-state index in [0.717, 1.165) is 22.3 Å². The van der Waals surface area contributed by atoms with Gasteiger partial charge < -0.3 is 20.5 Å². The van der Waals surface area contributed by atoms with Crippen molar-refractivity contribution in [3.05, 3.63) is 59.7 Å². The molecule has 1 fully saturated rings. The summed E-state index contributed by atoms with van der Waals surface area (Å²) in [5, 5.41) is 14.9. The second-order valence-corrected chi connectivity index (χ2v) is 9.39. The molecule has 2 aromatic rings. The lowest BCUT2D eigenvalue weighted by Crippen LogP contribution is -2.52. The smallest absolute Gasteiger partial charge is 0.407 e. The van der Waals surface area contributed by atoms with Crippen molar-refractivity contribution in [1.29, 1.82) is 0 Å². The number of fused-ring (bicyclic) bond motifs is 3. The van der Waals surface area contributed by atoms with E-state index in [1.54, 1.807) is 0 Å². The van der Waals surface area contributed by atoms with Crippen LogP contribution in [0.1, 0.15) is 56.6 Å². The zero-order valence-corrected chi connectivity index (χ0v) is 19.6. The highest BCUT2D eigenvalue weighted by molar-refractivity contribution is 5.86. The maximum atomic E-state index is 13.0. The fourth-order valence-corrected chi connectivity index (χ4v) is 5.10. The van der Waals surface area contributed by atoms with Crippen LogP contribution in [0.2, 0.25) is 0 Å². The lowest BCUT2D eigenvalue weighted by atomic mass is 9.97. The molecule has 7 nitrogen and oxygen atoms in total. The van der Waals surface area contributed by atoms with E-state index in [9.17, 15) is 19.5 Å². The summed E-state index contributed by atoms with van der Waals surface area (Å²) in [6.45, 7) is 4.04. The Kier molecular flexibility index (Phi) is 7.20. The van der Waals surface area contributed by atoms with Crippen molar-refractivity contribution >= 4 is 18.0 Å². The summed E-state index contributed by atoms with van der Waals surface area (Å²) in [7, 11) is 0. The maximum absolute atomic E-state index is 13.0. The molecule has 2 aliphatic rings. The number of rotatable bonds is 8. The molecule has 1 saturated carbocycles. The lowest BCUT2D eigenvalue weighted by Gasteiger charge is -2.25. The van der Waals surface area contributed by atoms with Gasteiger partial charge in [0.05, 0.1) is 5.92 Å². The molecule has 0 bridgehead atoms. The zero-order chi connectivity index (χ0) is 24.2. The Bertz CT molecular complexity index is 1020. The molecule has 0 radical (unpaired) electrons. The molecule has 7 heteroatoms. The molecule has 4 rings (SSSR count). The number of ether oxygens (including phenoxy) is 1. The van der Waals surface area contributed by atoms with Gasteiger partial charge >= 0.3 is 12.1 Å². The Morgan fingerprint density at radius 1 is 1.03 bits per heavy atom. The summed E-state index contributed by atoms with van der Waals surface area (Å²) in [4.78, 5) is 36.9. The molecule has 180 valence electrons. The van der Waals surface area contributed by atoms with E-state index in [1.807, 2.05) is 38.1 Å². The van der Waals surface area contributed by atoms with Gasteiger partial charge in [-0.2, -0.15) is 0 Å². The van der Waals surface area contributed by atoms with Gasteiger partial charge in [-0.1, -0.05) is 68.8 Å². The normalized spacial score (nSPS) is 20.6. The molecule has 0 spiro atoms. The second kappa shape index (κ2) is 10.3. The fourth-order valence-electron chi connectivity index (χ4n) is 5.10. The first-order valence-corrected chi connectivity index (χ1v) is 12.0. The van der Waals surface area contributed by atoms with Crippen LogP contribution in [-0.4, -0.2) is 41.8 Å². The van der Waals surface area contributed by atoms with Crippen LogP contribution < -0.4 is 10.6 Å². The summed E-state index contributed by atoms with van der Waals surface area (Å²) in [5.74, 6) is -1.70. The highest BCUT2D eigenvalue weighted by Crippen LogP contribution is 2.44. The number of hydrogen-bond acceptors (Lipinski definition) is 4. The van der Waals surface area contributed by atoms with Gasteiger partial charge in [-0.15, -0.1) is 0 Å². The van der Waals surface area contributed by atoms with Crippen LogP contribution in [0.25, 0.3) is 11.1 Å². The van der Waals surface area contributed by atoms with Crippen molar-refractivity contribution in [1.82, 2.24) is 10.6 Å². The number of carboxylic acids is 1. The number of amides is 2. The van der Waals surface area contributed by atoms with E-state index in [-0.39, 0.29) is 30.4 Å². The summed E-state index contributed by atoms with van der Waals surface area (Å²) in [6, 6.07) is 15.3. The molecule has 2 aliphatic carbocycles. The molecular formula is C27H32N2O5. The Hall–Kier alpha value is -3.35. The Morgan fingerprint density at radius 3 is 2.21 bits per heavy atom. The summed E-state index contributed by atoms with van der Waals surface area (Å²) < 4.78 is 5.63. The minimum absolute atomic E-state index is 0.0551. The lowest BCUT2D eigenvalue weighted by molar-refractivity contribution is -0.141. The molecule has 2 aromatic carbocycles. The maximum Gasteiger partial charge on any atom is 0.407 e. The van der Waals surface area contributed by atoms with Gasteiger partial charge in [0, 0.05) is 12.0 Å². The number of carbonyl (C=O) groups excluding carboxylic acids is 2. The highest BCUT2D eigenvalue weighted by Gasteiger charge is 2.34. The fraction of sp³-hybridized carbons (Fsp3) is 0.444. The van der Waals surface area contributed by atoms with E-state index in [1.165, 1.54) is 0 Å². The van der Waals surface area contributed by atoms with Crippen LogP contribution in [0.5, 0.6) is 0 Å². The molecule has 34 heavy (non-hydrogen) atoms. The van der Waals surface area contributed by atoms with Crippen LogP contribution in [0.3, 0.4) is 0 Å². The number of carboxylic acid groups (broad SMARTS) is 1. The zero-order valence-electron chi connectivity index (χ0n) is 19.6. The third-order valence-corrected chi connectivity index (χ3v) is 7.24. The number of hydrogen-bond donors (Lipinski definition) is 3. The predicted octanol–water partition coefficient (Wildman–Crippen LogP) is 4.31. The van der Waals surface area contributed by atoms with Crippen LogP contribution in [-0.2, 0) is 14.3 Å². The van der Waals surface area contributed by atoms with Crippen molar-refractivity contribution < 1.29 is 24.2 Å². The first kappa shape index (κ1) is 23.8. The van der Waals surface area contributed by atoms with E-state index in [0.29, 0.717) is 25.7 Å². The second-order valence-electron chi connectivity index (χ2n) is 9.39. The highest BCUT2D eigenvalue weighted by atomic mass is 16.5.